The van der Waals surface area contributed by atoms with Crippen molar-refractivity contribution in [3.63, 3.8) is 0 Å². The van der Waals surface area contributed by atoms with Gasteiger partial charge >= 0.3 is 6.09 Å². The first kappa shape index (κ1) is 19.4. The minimum atomic E-state index is -0.493. The fourth-order valence-electron chi connectivity index (χ4n) is 3.02. The molecule has 9 nitrogen and oxygen atoms in total. The van der Waals surface area contributed by atoms with Crippen molar-refractivity contribution < 1.29 is 9.53 Å². The molecule has 154 valence electrons. The van der Waals surface area contributed by atoms with E-state index in [1.807, 2.05) is 69.0 Å². The third kappa shape index (κ3) is 4.24. The van der Waals surface area contributed by atoms with E-state index in [0.717, 1.165) is 16.6 Å². The van der Waals surface area contributed by atoms with Crippen LogP contribution in [-0.2, 0) is 7.05 Å². The molecule has 0 bridgehead atoms. The second kappa shape index (κ2) is 7.51. The SMILES string of the molecule is Cn1cc(Nc2nccc(-n3ccc4c(OC(=O)NC(C)(C)C)cccc43)n2)cn1. The molecule has 1 amide bonds. The van der Waals surface area contributed by atoms with Crippen molar-refractivity contribution in [1.29, 1.82) is 0 Å². The molecule has 0 atom stereocenters. The summed E-state index contributed by atoms with van der Waals surface area (Å²) in [5.74, 6) is 1.62. The largest absolute Gasteiger partial charge is 0.413 e. The van der Waals surface area contributed by atoms with Crippen LogP contribution in [0.3, 0.4) is 0 Å². The minimum absolute atomic E-state index is 0.379. The van der Waals surface area contributed by atoms with Crippen LogP contribution in [0.15, 0.2) is 55.1 Å². The second-order valence-electron chi connectivity index (χ2n) is 7.91. The number of hydrogen-bond acceptors (Lipinski definition) is 6. The molecule has 3 heterocycles. The summed E-state index contributed by atoms with van der Waals surface area (Å²) < 4.78 is 9.15. The lowest BCUT2D eigenvalue weighted by Crippen LogP contribution is -2.42. The number of aryl methyl sites for hydroxylation is 1. The van der Waals surface area contributed by atoms with Gasteiger partial charge in [0.15, 0.2) is 0 Å². The highest BCUT2D eigenvalue weighted by atomic mass is 16.6. The number of anilines is 2. The summed E-state index contributed by atoms with van der Waals surface area (Å²) in [7, 11) is 1.84. The highest BCUT2D eigenvalue weighted by molar-refractivity contribution is 5.89. The van der Waals surface area contributed by atoms with E-state index in [1.54, 1.807) is 23.1 Å². The summed E-state index contributed by atoms with van der Waals surface area (Å²) in [5, 5.41) is 10.9. The van der Waals surface area contributed by atoms with E-state index in [2.05, 4.69) is 25.7 Å². The number of nitrogens with one attached hydrogen (secondary N) is 2. The van der Waals surface area contributed by atoms with Crippen LogP contribution in [0.2, 0.25) is 0 Å². The van der Waals surface area contributed by atoms with Gasteiger partial charge in [-0.25, -0.2) is 9.78 Å². The Morgan fingerprint density at radius 2 is 2.00 bits per heavy atom. The maximum absolute atomic E-state index is 12.2. The van der Waals surface area contributed by atoms with Crippen LogP contribution in [0.4, 0.5) is 16.4 Å². The molecule has 0 aliphatic heterocycles. The molecular formula is C21H23N7O2. The molecular weight excluding hydrogens is 382 g/mol. The zero-order valence-electron chi connectivity index (χ0n) is 17.2. The van der Waals surface area contributed by atoms with Gasteiger partial charge in [-0.15, -0.1) is 0 Å². The number of ether oxygens (including phenoxy) is 1. The van der Waals surface area contributed by atoms with Crippen LogP contribution in [0.1, 0.15) is 20.8 Å². The minimum Gasteiger partial charge on any atom is -0.410 e. The molecule has 4 rings (SSSR count). The Balaban J connectivity index is 1.63. The van der Waals surface area contributed by atoms with Gasteiger partial charge in [0.2, 0.25) is 5.95 Å². The van der Waals surface area contributed by atoms with E-state index >= 15 is 0 Å². The average molecular weight is 405 g/mol. The van der Waals surface area contributed by atoms with E-state index in [1.165, 1.54) is 0 Å². The Kier molecular flexibility index (Phi) is 4.86. The Hall–Kier alpha value is -3.88. The lowest BCUT2D eigenvalue weighted by Gasteiger charge is -2.20. The van der Waals surface area contributed by atoms with Gasteiger partial charge < -0.3 is 19.9 Å². The number of nitrogens with zero attached hydrogens (tertiary/aromatic N) is 5. The van der Waals surface area contributed by atoms with Gasteiger partial charge in [0.05, 0.1) is 17.4 Å². The Labute approximate surface area is 173 Å². The van der Waals surface area contributed by atoms with Crippen LogP contribution in [0.25, 0.3) is 16.7 Å². The van der Waals surface area contributed by atoms with Gasteiger partial charge in [-0.2, -0.15) is 10.1 Å². The Morgan fingerprint density at radius 1 is 1.17 bits per heavy atom. The summed E-state index contributed by atoms with van der Waals surface area (Å²) in [6.45, 7) is 5.70. The normalized spacial score (nSPS) is 11.5. The van der Waals surface area contributed by atoms with Gasteiger partial charge in [0, 0.05) is 36.6 Å². The topological polar surface area (TPSA) is 98.9 Å². The van der Waals surface area contributed by atoms with Crippen molar-refractivity contribution in [2.45, 2.75) is 26.3 Å². The Bertz CT molecular complexity index is 1200. The van der Waals surface area contributed by atoms with Gasteiger partial charge in [-0.05, 0) is 45.0 Å². The quantitative estimate of drug-likeness (QED) is 0.536. The Morgan fingerprint density at radius 3 is 2.73 bits per heavy atom. The summed E-state index contributed by atoms with van der Waals surface area (Å²) in [5.41, 5.74) is 1.28. The standard InChI is InChI=1S/C21H23N7O2/c1-21(2,3)26-20(29)30-17-7-5-6-16-15(17)9-11-28(16)18-8-10-22-19(25-18)24-14-12-23-27(4)13-14/h5-13H,1-4H3,(H,26,29)(H,22,24,25). The van der Waals surface area contributed by atoms with Crippen LogP contribution in [0.5, 0.6) is 5.75 Å². The van der Waals surface area contributed by atoms with E-state index in [9.17, 15) is 4.79 Å². The molecule has 0 spiro atoms. The highest BCUT2D eigenvalue weighted by Crippen LogP contribution is 2.28. The monoisotopic (exact) mass is 405 g/mol. The number of carbonyl (C=O) groups is 1. The smallest absolute Gasteiger partial charge is 0.410 e. The number of benzene rings is 1. The summed E-state index contributed by atoms with van der Waals surface area (Å²) >= 11 is 0. The molecule has 1 aromatic carbocycles. The molecule has 0 aliphatic rings. The van der Waals surface area contributed by atoms with Crippen molar-refractivity contribution in [3.8, 4) is 11.6 Å². The molecule has 3 aromatic heterocycles. The maximum atomic E-state index is 12.2. The molecule has 0 fully saturated rings. The van der Waals surface area contributed by atoms with Gasteiger partial charge in [0.25, 0.3) is 0 Å². The van der Waals surface area contributed by atoms with Crippen molar-refractivity contribution >= 4 is 28.6 Å². The number of hydrogen-bond donors (Lipinski definition) is 2. The molecule has 0 saturated carbocycles. The molecule has 0 saturated heterocycles. The van der Waals surface area contributed by atoms with Crippen molar-refractivity contribution in [3.05, 3.63) is 55.1 Å². The van der Waals surface area contributed by atoms with E-state index in [0.29, 0.717) is 17.5 Å². The number of aromatic nitrogens is 5. The fourth-order valence-corrected chi connectivity index (χ4v) is 3.02. The average Bonchev–Trinajstić information content (AvgIpc) is 3.27. The van der Waals surface area contributed by atoms with Crippen molar-refractivity contribution in [1.82, 2.24) is 29.6 Å². The van der Waals surface area contributed by atoms with Gasteiger partial charge in [-0.1, -0.05) is 6.07 Å². The molecule has 0 aliphatic carbocycles. The third-order valence-electron chi connectivity index (χ3n) is 4.22. The van der Waals surface area contributed by atoms with Crippen molar-refractivity contribution in [2.24, 2.45) is 7.05 Å². The highest BCUT2D eigenvalue weighted by Gasteiger charge is 2.17. The van der Waals surface area contributed by atoms with E-state index in [4.69, 9.17) is 4.74 Å². The first-order valence-corrected chi connectivity index (χ1v) is 9.48. The molecule has 9 heteroatoms. The van der Waals surface area contributed by atoms with E-state index < -0.39 is 6.09 Å². The zero-order valence-corrected chi connectivity index (χ0v) is 17.2. The van der Waals surface area contributed by atoms with Crippen LogP contribution >= 0.6 is 0 Å². The predicted octanol–water partition coefficient (Wildman–Crippen LogP) is 3.78. The lowest BCUT2D eigenvalue weighted by molar-refractivity contribution is 0.191. The molecule has 0 unspecified atom stereocenters. The van der Waals surface area contributed by atoms with Gasteiger partial charge in [-0.3, -0.25) is 4.68 Å². The van der Waals surface area contributed by atoms with Crippen LogP contribution in [-0.4, -0.2) is 35.9 Å². The summed E-state index contributed by atoms with van der Waals surface area (Å²) in [4.78, 5) is 21.1. The number of rotatable bonds is 4. The summed E-state index contributed by atoms with van der Waals surface area (Å²) in [6, 6.07) is 9.26. The molecule has 30 heavy (non-hydrogen) atoms. The first-order chi connectivity index (χ1) is 14.3. The zero-order chi connectivity index (χ0) is 21.3. The summed E-state index contributed by atoms with van der Waals surface area (Å²) in [6.07, 6.45) is 6.62. The molecule has 2 N–H and O–H groups in total. The maximum Gasteiger partial charge on any atom is 0.413 e. The lowest BCUT2D eigenvalue weighted by atomic mass is 10.1. The van der Waals surface area contributed by atoms with Gasteiger partial charge in [0.1, 0.15) is 11.6 Å². The fraction of sp³-hybridized carbons (Fsp3) is 0.238. The predicted molar refractivity (Wildman–Crippen MR) is 114 cm³/mol. The van der Waals surface area contributed by atoms with E-state index in [-0.39, 0.29) is 5.54 Å². The number of fused-ring (bicyclic) bond motifs is 1. The van der Waals surface area contributed by atoms with Crippen LogP contribution in [0, 0.1) is 0 Å². The molecule has 4 aromatic rings. The van der Waals surface area contributed by atoms with Crippen molar-refractivity contribution in [2.75, 3.05) is 5.32 Å². The molecule has 0 radical (unpaired) electrons. The number of amides is 1. The third-order valence-corrected chi connectivity index (χ3v) is 4.22. The van der Waals surface area contributed by atoms with Crippen LogP contribution < -0.4 is 15.4 Å². The first-order valence-electron chi connectivity index (χ1n) is 9.48. The number of carbonyl (C=O) groups excluding carboxylic acids is 1. The second-order valence-corrected chi connectivity index (χ2v) is 7.91.